The molecule has 4 heterocycles. The molecule has 5 rings (SSSR count). The number of nitrogens with one attached hydrogen (secondary N) is 3. The number of anilines is 3. The quantitative estimate of drug-likeness (QED) is 0.636. The molecule has 140 valence electrons. The highest BCUT2D eigenvalue weighted by atomic mass is 16.2. The number of aromatic amines is 1. The van der Waals surface area contributed by atoms with Gasteiger partial charge in [-0.05, 0) is 37.8 Å². The van der Waals surface area contributed by atoms with E-state index < -0.39 is 0 Å². The molecule has 3 aromatic heterocycles. The Hall–Kier alpha value is -3.10. The SMILES string of the molecule is CNC(=O)C1CCCN1c1nc(Nc2cc(C3CC3)[nH]n2)n2cccc2n1. The molecule has 27 heavy (non-hydrogen) atoms. The summed E-state index contributed by atoms with van der Waals surface area (Å²) in [5.74, 6) is 2.55. The van der Waals surface area contributed by atoms with Crippen LogP contribution in [0.3, 0.4) is 0 Å². The lowest BCUT2D eigenvalue weighted by Crippen LogP contribution is -2.42. The van der Waals surface area contributed by atoms with Crippen molar-refractivity contribution in [3.8, 4) is 0 Å². The first-order chi connectivity index (χ1) is 13.2. The molecule has 1 saturated heterocycles. The Bertz CT molecular complexity index is 988. The molecule has 1 atom stereocenters. The number of hydrogen-bond donors (Lipinski definition) is 3. The molecule has 2 fully saturated rings. The van der Waals surface area contributed by atoms with Gasteiger partial charge in [-0.25, -0.2) is 0 Å². The van der Waals surface area contributed by atoms with E-state index in [1.54, 1.807) is 7.05 Å². The van der Waals surface area contributed by atoms with Gasteiger partial charge in [0.25, 0.3) is 0 Å². The van der Waals surface area contributed by atoms with Crippen molar-refractivity contribution in [2.24, 2.45) is 0 Å². The molecule has 0 bridgehead atoms. The molecule has 9 heteroatoms. The van der Waals surface area contributed by atoms with Gasteiger partial charge in [-0.3, -0.25) is 14.3 Å². The molecule has 0 radical (unpaired) electrons. The first-order valence-electron chi connectivity index (χ1n) is 9.38. The summed E-state index contributed by atoms with van der Waals surface area (Å²) in [6.45, 7) is 0.767. The molecule has 1 amide bonds. The fourth-order valence-electron chi connectivity index (χ4n) is 3.70. The minimum absolute atomic E-state index is 0.00208. The summed E-state index contributed by atoms with van der Waals surface area (Å²) >= 11 is 0. The second kappa shape index (κ2) is 6.26. The number of carbonyl (C=O) groups is 1. The second-order valence-electron chi connectivity index (χ2n) is 7.16. The zero-order chi connectivity index (χ0) is 18.4. The molecular weight excluding hydrogens is 344 g/mol. The van der Waals surface area contributed by atoms with Crippen LogP contribution >= 0.6 is 0 Å². The smallest absolute Gasteiger partial charge is 0.242 e. The molecule has 3 aromatic rings. The molecule has 1 unspecified atom stereocenters. The second-order valence-corrected chi connectivity index (χ2v) is 7.16. The third kappa shape index (κ3) is 2.88. The van der Waals surface area contributed by atoms with Gasteiger partial charge in [-0.15, -0.1) is 0 Å². The van der Waals surface area contributed by atoms with Gasteiger partial charge in [0.1, 0.15) is 11.7 Å². The van der Waals surface area contributed by atoms with Crippen molar-refractivity contribution < 1.29 is 4.79 Å². The predicted molar refractivity (Wildman–Crippen MR) is 101 cm³/mol. The van der Waals surface area contributed by atoms with Crippen LogP contribution in [0.15, 0.2) is 24.4 Å². The lowest BCUT2D eigenvalue weighted by Gasteiger charge is -2.23. The van der Waals surface area contributed by atoms with E-state index >= 15 is 0 Å². The first-order valence-corrected chi connectivity index (χ1v) is 9.38. The molecule has 9 nitrogen and oxygen atoms in total. The van der Waals surface area contributed by atoms with Crippen LogP contribution in [-0.2, 0) is 4.79 Å². The van der Waals surface area contributed by atoms with Gasteiger partial charge >= 0.3 is 0 Å². The van der Waals surface area contributed by atoms with E-state index in [0.717, 1.165) is 36.5 Å². The third-order valence-corrected chi connectivity index (χ3v) is 5.29. The van der Waals surface area contributed by atoms with E-state index in [2.05, 4.69) is 25.8 Å². The standard InChI is InChI=1S/C18H22N8O/c1-19-16(27)13-4-2-8-25(13)18-21-15-5-3-9-26(15)17(22-18)20-14-10-12(23-24-14)11-6-7-11/h3,5,9-11,13H,2,4,6-8H2,1H3,(H,19,27)(H2,20,21,22,23,24). The van der Waals surface area contributed by atoms with Gasteiger partial charge in [-0.1, -0.05) is 0 Å². The van der Waals surface area contributed by atoms with Crippen LogP contribution in [0.1, 0.15) is 37.3 Å². The Morgan fingerprint density at radius 3 is 3.00 bits per heavy atom. The van der Waals surface area contributed by atoms with Crippen LogP contribution in [-0.4, -0.2) is 50.1 Å². The average Bonchev–Trinajstić information content (AvgIpc) is 3.09. The molecule has 0 spiro atoms. The molecular formula is C18H22N8O. The van der Waals surface area contributed by atoms with E-state index in [4.69, 9.17) is 4.98 Å². The number of rotatable bonds is 5. The first kappa shape index (κ1) is 16.1. The van der Waals surface area contributed by atoms with E-state index in [-0.39, 0.29) is 11.9 Å². The molecule has 1 aliphatic heterocycles. The fraction of sp³-hybridized carbons (Fsp3) is 0.444. The summed E-state index contributed by atoms with van der Waals surface area (Å²) in [4.78, 5) is 23.6. The number of likely N-dealkylation sites (N-methyl/N-ethyl adjacent to an activating group) is 1. The van der Waals surface area contributed by atoms with E-state index in [0.29, 0.717) is 17.8 Å². The van der Waals surface area contributed by atoms with Crippen LogP contribution < -0.4 is 15.5 Å². The molecule has 2 aliphatic rings. The molecule has 0 aromatic carbocycles. The highest BCUT2D eigenvalue weighted by Crippen LogP contribution is 2.39. The van der Waals surface area contributed by atoms with E-state index in [9.17, 15) is 4.79 Å². The number of hydrogen-bond acceptors (Lipinski definition) is 6. The molecule has 1 aliphatic carbocycles. The summed E-state index contributed by atoms with van der Waals surface area (Å²) in [5, 5.41) is 13.5. The van der Waals surface area contributed by atoms with Crippen molar-refractivity contribution in [3.63, 3.8) is 0 Å². The summed E-state index contributed by atoms with van der Waals surface area (Å²) in [6.07, 6.45) is 6.10. The number of carbonyl (C=O) groups excluding carboxylic acids is 1. The number of H-pyrrole nitrogens is 1. The maximum atomic E-state index is 12.2. The van der Waals surface area contributed by atoms with Gasteiger partial charge in [0.2, 0.25) is 17.8 Å². The number of aromatic nitrogens is 5. The van der Waals surface area contributed by atoms with Crippen molar-refractivity contribution in [2.45, 2.75) is 37.6 Å². The van der Waals surface area contributed by atoms with Crippen molar-refractivity contribution in [3.05, 3.63) is 30.1 Å². The maximum absolute atomic E-state index is 12.2. The fourth-order valence-corrected chi connectivity index (χ4v) is 3.70. The van der Waals surface area contributed by atoms with Gasteiger partial charge in [-0.2, -0.15) is 15.1 Å². The normalized spacial score (nSPS) is 19.6. The van der Waals surface area contributed by atoms with E-state index in [1.165, 1.54) is 12.8 Å². The average molecular weight is 366 g/mol. The molecule has 3 N–H and O–H groups in total. The maximum Gasteiger partial charge on any atom is 0.242 e. The van der Waals surface area contributed by atoms with Crippen molar-refractivity contribution in [1.29, 1.82) is 0 Å². The Kier molecular flexibility index (Phi) is 3.73. The topological polar surface area (TPSA) is 103 Å². The minimum Gasteiger partial charge on any atom is -0.357 e. The largest absolute Gasteiger partial charge is 0.357 e. The van der Waals surface area contributed by atoms with Gasteiger partial charge in [0.15, 0.2) is 5.82 Å². The summed E-state index contributed by atoms with van der Waals surface area (Å²) in [7, 11) is 1.66. The lowest BCUT2D eigenvalue weighted by atomic mass is 10.2. The number of nitrogens with zero attached hydrogens (tertiary/aromatic N) is 5. The zero-order valence-corrected chi connectivity index (χ0v) is 15.1. The minimum atomic E-state index is -0.230. The summed E-state index contributed by atoms with van der Waals surface area (Å²) < 4.78 is 1.89. The zero-order valence-electron chi connectivity index (χ0n) is 15.1. The monoisotopic (exact) mass is 366 g/mol. The van der Waals surface area contributed by atoms with Gasteiger partial charge < -0.3 is 15.5 Å². The highest BCUT2D eigenvalue weighted by Gasteiger charge is 2.32. The van der Waals surface area contributed by atoms with E-state index in [1.807, 2.05) is 33.7 Å². The Morgan fingerprint density at radius 2 is 2.19 bits per heavy atom. The highest BCUT2D eigenvalue weighted by molar-refractivity contribution is 5.85. The van der Waals surface area contributed by atoms with Crippen LogP contribution in [0, 0.1) is 0 Å². The third-order valence-electron chi connectivity index (χ3n) is 5.29. The Balaban J connectivity index is 1.49. The Labute approximate surface area is 156 Å². The van der Waals surface area contributed by atoms with Crippen LogP contribution in [0.25, 0.3) is 5.65 Å². The van der Waals surface area contributed by atoms with Crippen LogP contribution in [0.5, 0.6) is 0 Å². The van der Waals surface area contributed by atoms with Crippen molar-refractivity contribution >= 4 is 29.3 Å². The summed E-state index contributed by atoms with van der Waals surface area (Å²) in [6, 6.07) is 5.67. The summed E-state index contributed by atoms with van der Waals surface area (Å²) in [5.41, 5.74) is 1.94. The Morgan fingerprint density at radius 1 is 1.30 bits per heavy atom. The van der Waals surface area contributed by atoms with Crippen molar-refractivity contribution in [2.75, 3.05) is 23.8 Å². The van der Waals surface area contributed by atoms with Crippen LogP contribution in [0.2, 0.25) is 0 Å². The lowest BCUT2D eigenvalue weighted by molar-refractivity contribution is -0.121. The number of fused-ring (bicyclic) bond motifs is 1. The molecule has 1 saturated carbocycles. The predicted octanol–water partition coefficient (Wildman–Crippen LogP) is 1.79. The van der Waals surface area contributed by atoms with Crippen molar-refractivity contribution in [1.82, 2.24) is 29.9 Å². The van der Waals surface area contributed by atoms with Gasteiger partial charge in [0.05, 0.1) is 0 Å². The number of amides is 1. The van der Waals surface area contributed by atoms with Gasteiger partial charge in [0, 0.05) is 37.5 Å². The van der Waals surface area contributed by atoms with Crippen LogP contribution in [0.4, 0.5) is 17.7 Å².